The second-order valence-corrected chi connectivity index (χ2v) is 6.23. The van der Waals surface area contributed by atoms with E-state index in [-0.39, 0.29) is 0 Å². The third-order valence-corrected chi connectivity index (χ3v) is 4.60. The predicted octanol–water partition coefficient (Wildman–Crippen LogP) is 6.33. The summed E-state index contributed by atoms with van der Waals surface area (Å²) in [4.78, 5) is 0. The molecule has 0 radical (unpaired) electrons. The maximum Gasteiger partial charge on any atom is -0.0274 e. The molecule has 1 rings (SSSR count). The number of benzene rings is 1. The van der Waals surface area contributed by atoms with E-state index in [1.165, 1.54) is 57.8 Å². The van der Waals surface area contributed by atoms with Gasteiger partial charge in [0.15, 0.2) is 0 Å². The van der Waals surface area contributed by atoms with Crippen LogP contribution in [0.25, 0.3) is 0 Å². The van der Waals surface area contributed by atoms with Crippen molar-refractivity contribution in [2.45, 2.75) is 92.4 Å². The topological polar surface area (TPSA) is 0 Å². The largest absolute Gasteiger partial charge is 0.0654 e. The van der Waals surface area contributed by atoms with E-state index in [2.05, 4.69) is 40.7 Å². The minimum atomic E-state index is 1.26. The van der Waals surface area contributed by atoms with Gasteiger partial charge in [-0.3, -0.25) is 0 Å². The fourth-order valence-corrected chi connectivity index (χ4v) is 3.08. The van der Waals surface area contributed by atoms with Gasteiger partial charge in [0.25, 0.3) is 0 Å². The molecule has 1 aromatic rings. The van der Waals surface area contributed by atoms with Crippen LogP contribution in [0.3, 0.4) is 0 Å². The lowest BCUT2D eigenvalue weighted by Crippen LogP contribution is -2.04. The van der Waals surface area contributed by atoms with Crippen molar-refractivity contribution in [3.8, 4) is 0 Å². The molecule has 0 nitrogen and oxygen atoms in total. The summed E-state index contributed by atoms with van der Waals surface area (Å²) >= 11 is 0. The minimum Gasteiger partial charge on any atom is -0.0654 e. The summed E-state index contributed by atoms with van der Waals surface area (Å²) in [6, 6.07) is 2.52. The molecule has 114 valence electrons. The van der Waals surface area contributed by atoms with Crippen molar-refractivity contribution in [1.29, 1.82) is 0 Å². The molecule has 0 amide bonds. The van der Waals surface area contributed by atoms with Gasteiger partial charge in [0.05, 0.1) is 0 Å². The molecule has 0 aromatic heterocycles. The van der Waals surface area contributed by atoms with Crippen molar-refractivity contribution in [3.63, 3.8) is 0 Å². The van der Waals surface area contributed by atoms with Gasteiger partial charge in [0.1, 0.15) is 0 Å². The lowest BCUT2D eigenvalue weighted by atomic mass is 9.87. The van der Waals surface area contributed by atoms with Crippen molar-refractivity contribution in [2.75, 3.05) is 0 Å². The van der Waals surface area contributed by atoms with Gasteiger partial charge in [-0.1, -0.05) is 46.1 Å². The molecule has 0 bridgehead atoms. The van der Waals surface area contributed by atoms with Crippen LogP contribution in [0.5, 0.6) is 0 Å². The van der Waals surface area contributed by atoms with Crippen molar-refractivity contribution < 1.29 is 0 Å². The zero-order valence-corrected chi connectivity index (χ0v) is 14.4. The Hall–Kier alpha value is -0.780. The normalized spacial score (nSPS) is 11.1. The molecule has 0 saturated heterocycles. The van der Waals surface area contributed by atoms with E-state index in [1.807, 2.05) is 0 Å². The van der Waals surface area contributed by atoms with Gasteiger partial charge in [-0.25, -0.2) is 0 Å². The molecule has 0 aliphatic carbocycles. The van der Waals surface area contributed by atoms with E-state index in [4.69, 9.17) is 0 Å². The molecule has 20 heavy (non-hydrogen) atoms. The first-order valence-corrected chi connectivity index (χ1v) is 8.76. The Balaban J connectivity index is 3.09. The minimum absolute atomic E-state index is 1.26. The van der Waals surface area contributed by atoms with Crippen molar-refractivity contribution in [3.05, 3.63) is 33.9 Å². The molecule has 1 aromatic carbocycles. The fourth-order valence-electron chi connectivity index (χ4n) is 3.08. The second kappa shape index (κ2) is 9.21. The van der Waals surface area contributed by atoms with Crippen LogP contribution in [0.4, 0.5) is 0 Å². The van der Waals surface area contributed by atoms with E-state index in [0.29, 0.717) is 0 Å². The maximum atomic E-state index is 2.52. The summed E-state index contributed by atoms with van der Waals surface area (Å²) < 4.78 is 0. The van der Waals surface area contributed by atoms with Gasteiger partial charge < -0.3 is 0 Å². The lowest BCUT2D eigenvalue weighted by Gasteiger charge is -2.19. The molecule has 0 saturated carbocycles. The number of rotatable bonds is 9. The van der Waals surface area contributed by atoms with Crippen LogP contribution in [0.2, 0.25) is 0 Å². The first-order valence-electron chi connectivity index (χ1n) is 8.76. The van der Waals surface area contributed by atoms with E-state index in [1.54, 1.807) is 27.8 Å². The van der Waals surface area contributed by atoms with Crippen LogP contribution < -0.4 is 0 Å². The molecule has 0 spiro atoms. The quantitative estimate of drug-likeness (QED) is 0.493. The standard InChI is InChI=1S/C20H34/c1-6-9-12-18-15-19(13-10-7-2)17(5)20(16(18)4)14-11-8-3/h15H,6-14H2,1-5H3. The van der Waals surface area contributed by atoms with Crippen LogP contribution in [0, 0.1) is 13.8 Å². The van der Waals surface area contributed by atoms with Crippen molar-refractivity contribution >= 4 is 0 Å². The number of aryl methyl sites for hydroxylation is 2. The molecule has 0 aliphatic heterocycles. The molecule has 0 N–H and O–H groups in total. The number of unbranched alkanes of at least 4 members (excludes halogenated alkanes) is 3. The van der Waals surface area contributed by atoms with E-state index >= 15 is 0 Å². The molecular formula is C20H34. The van der Waals surface area contributed by atoms with E-state index in [9.17, 15) is 0 Å². The fraction of sp³-hybridized carbons (Fsp3) is 0.700. The Morgan fingerprint density at radius 2 is 1.05 bits per heavy atom. The van der Waals surface area contributed by atoms with Crippen LogP contribution >= 0.6 is 0 Å². The van der Waals surface area contributed by atoms with Crippen LogP contribution in [0.15, 0.2) is 6.07 Å². The predicted molar refractivity (Wildman–Crippen MR) is 91.8 cm³/mol. The zero-order chi connectivity index (χ0) is 15.0. The summed E-state index contributed by atoms with van der Waals surface area (Å²) in [6.45, 7) is 11.6. The smallest absolute Gasteiger partial charge is 0.0274 e. The monoisotopic (exact) mass is 274 g/mol. The van der Waals surface area contributed by atoms with Gasteiger partial charge in [-0.2, -0.15) is 0 Å². The molecule has 0 fully saturated rings. The maximum absolute atomic E-state index is 2.52. The Bertz CT molecular complexity index is 369. The summed E-state index contributed by atoms with van der Waals surface area (Å²) in [5.41, 5.74) is 8.07. The van der Waals surface area contributed by atoms with Gasteiger partial charge >= 0.3 is 0 Å². The summed E-state index contributed by atoms with van der Waals surface area (Å²) in [5, 5.41) is 0. The number of hydrogen-bond donors (Lipinski definition) is 0. The highest BCUT2D eigenvalue weighted by Crippen LogP contribution is 2.26. The SMILES string of the molecule is CCCCc1cc(CCCC)c(C)c(CCCC)c1C. The molecule has 0 atom stereocenters. The molecule has 0 heterocycles. The van der Waals surface area contributed by atoms with Gasteiger partial charge in [-0.15, -0.1) is 0 Å². The highest BCUT2D eigenvalue weighted by Gasteiger charge is 2.11. The summed E-state index contributed by atoms with van der Waals surface area (Å²) in [5.74, 6) is 0. The van der Waals surface area contributed by atoms with Gasteiger partial charge in [-0.05, 0) is 80.2 Å². The van der Waals surface area contributed by atoms with Crippen LogP contribution in [-0.4, -0.2) is 0 Å². The third kappa shape index (κ3) is 4.65. The van der Waals surface area contributed by atoms with Crippen molar-refractivity contribution in [2.24, 2.45) is 0 Å². The highest BCUT2D eigenvalue weighted by atomic mass is 14.2. The third-order valence-electron chi connectivity index (χ3n) is 4.60. The first-order chi connectivity index (χ1) is 9.65. The molecule has 0 unspecified atom stereocenters. The van der Waals surface area contributed by atoms with Crippen molar-refractivity contribution in [1.82, 2.24) is 0 Å². The van der Waals surface area contributed by atoms with Crippen LogP contribution in [0.1, 0.15) is 87.1 Å². The first kappa shape index (κ1) is 17.3. The molecule has 0 aliphatic rings. The molecule has 0 heteroatoms. The Morgan fingerprint density at radius 1 is 0.650 bits per heavy atom. The second-order valence-electron chi connectivity index (χ2n) is 6.23. The summed E-state index contributed by atoms with van der Waals surface area (Å²) in [6.07, 6.45) is 11.7. The molecular weight excluding hydrogens is 240 g/mol. The average Bonchev–Trinajstić information content (AvgIpc) is 2.45. The summed E-state index contributed by atoms with van der Waals surface area (Å²) in [7, 11) is 0. The average molecular weight is 274 g/mol. The Kier molecular flexibility index (Phi) is 7.95. The Labute approximate surface area is 127 Å². The Morgan fingerprint density at radius 3 is 1.45 bits per heavy atom. The van der Waals surface area contributed by atoms with Gasteiger partial charge in [0.2, 0.25) is 0 Å². The lowest BCUT2D eigenvalue weighted by molar-refractivity contribution is 0.753. The van der Waals surface area contributed by atoms with E-state index in [0.717, 1.165) is 0 Å². The van der Waals surface area contributed by atoms with Gasteiger partial charge in [0, 0.05) is 0 Å². The van der Waals surface area contributed by atoms with Crippen LogP contribution in [-0.2, 0) is 19.3 Å². The zero-order valence-electron chi connectivity index (χ0n) is 14.4. The number of hydrogen-bond acceptors (Lipinski definition) is 0. The van der Waals surface area contributed by atoms with E-state index < -0.39 is 0 Å². The highest BCUT2D eigenvalue weighted by molar-refractivity contribution is 5.45.